The fourth-order valence-electron chi connectivity index (χ4n) is 3.44. The average Bonchev–Trinajstić information content (AvgIpc) is 3.11. The molecular weight excluding hydrogens is 437 g/mol. The maximum atomic E-state index is 13.0. The lowest BCUT2D eigenvalue weighted by molar-refractivity contribution is -0.274. The Morgan fingerprint density at radius 3 is 2.71 bits per heavy atom. The number of aryl methyl sites for hydroxylation is 1. The maximum absolute atomic E-state index is 13.0. The molecule has 0 unspecified atom stereocenters. The quantitative estimate of drug-likeness (QED) is 0.635. The smallest absolute Gasteiger partial charge is 0.404 e. The molecule has 1 N–H and O–H groups in total. The molecule has 31 heavy (non-hydrogen) atoms. The Bertz CT molecular complexity index is 1130. The molecule has 11 heteroatoms. The molecule has 164 valence electrons. The number of halogens is 4. The normalized spacial score (nSPS) is 14.7. The molecule has 0 radical (unpaired) electrons. The number of pyridine rings is 1. The predicted octanol–water partition coefficient (Wildman–Crippen LogP) is 4.34. The zero-order chi connectivity index (χ0) is 22.2. The van der Waals surface area contributed by atoms with Gasteiger partial charge in [-0.3, -0.25) is 4.79 Å². The molecule has 3 heterocycles. The van der Waals surface area contributed by atoms with E-state index in [1.165, 1.54) is 18.3 Å². The molecular formula is C20H18ClF3N4O3. The average molecular weight is 455 g/mol. The number of hydrogen-bond donors (Lipinski definition) is 1. The van der Waals surface area contributed by atoms with Gasteiger partial charge in [-0.2, -0.15) is 0 Å². The number of morpholine rings is 1. The van der Waals surface area contributed by atoms with Crippen molar-refractivity contribution < 1.29 is 27.4 Å². The number of fused-ring (bicyclic) bond motifs is 1. The van der Waals surface area contributed by atoms with Gasteiger partial charge < -0.3 is 24.3 Å². The Kier molecular flexibility index (Phi) is 5.67. The molecule has 4 rings (SSSR count). The van der Waals surface area contributed by atoms with Crippen LogP contribution in [-0.2, 0) is 11.8 Å². The summed E-state index contributed by atoms with van der Waals surface area (Å²) in [6.07, 6.45) is -1.71. The summed E-state index contributed by atoms with van der Waals surface area (Å²) in [7, 11) is 1.78. The molecule has 0 aliphatic carbocycles. The van der Waals surface area contributed by atoms with Crippen molar-refractivity contribution in [3.63, 3.8) is 0 Å². The van der Waals surface area contributed by atoms with E-state index in [2.05, 4.69) is 15.0 Å². The van der Waals surface area contributed by atoms with Gasteiger partial charge in [0.15, 0.2) is 5.75 Å². The van der Waals surface area contributed by atoms with Crippen LogP contribution in [-0.4, -0.2) is 53.0 Å². The van der Waals surface area contributed by atoms with Gasteiger partial charge in [0.25, 0.3) is 5.91 Å². The SMILES string of the molecule is Cn1ccc2c(Nc3ccc(Cl)cc3OC(F)(F)F)ncc(C(=O)N3CCOCC3)c21. The van der Waals surface area contributed by atoms with E-state index in [1.807, 2.05) is 0 Å². The maximum Gasteiger partial charge on any atom is 0.573 e. The number of aromatic nitrogens is 2. The summed E-state index contributed by atoms with van der Waals surface area (Å²) in [5.74, 6) is -0.385. The fourth-order valence-corrected chi connectivity index (χ4v) is 3.61. The summed E-state index contributed by atoms with van der Waals surface area (Å²) in [5, 5.41) is 3.54. The highest BCUT2D eigenvalue weighted by Gasteiger charge is 2.32. The van der Waals surface area contributed by atoms with E-state index in [0.29, 0.717) is 42.8 Å². The molecule has 0 spiro atoms. The highest BCUT2D eigenvalue weighted by atomic mass is 35.5. The van der Waals surface area contributed by atoms with Crippen molar-refractivity contribution in [1.82, 2.24) is 14.5 Å². The molecule has 1 amide bonds. The Hall–Kier alpha value is -2.98. The zero-order valence-corrected chi connectivity index (χ0v) is 17.1. The van der Waals surface area contributed by atoms with Gasteiger partial charge >= 0.3 is 6.36 Å². The number of nitrogens with zero attached hydrogens (tertiary/aromatic N) is 3. The van der Waals surface area contributed by atoms with E-state index in [9.17, 15) is 18.0 Å². The van der Waals surface area contributed by atoms with E-state index < -0.39 is 12.1 Å². The van der Waals surface area contributed by atoms with E-state index >= 15 is 0 Å². The lowest BCUT2D eigenvalue weighted by Gasteiger charge is -2.27. The summed E-state index contributed by atoms with van der Waals surface area (Å²) in [6, 6.07) is 5.61. The third kappa shape index (κ3) is 4.54. The lowest BCUT2D eigenvalue weighted by Crippen LogP contribution is -2.40. The number of amides is 1. The first kappa shape index (κ1) is 21.3. The molecule has 1 fully saturated rings. The minimum Gasteiger partial charge on any atom is -0.404 e. The lowest BCUT2D eigenvalue weighted by atomic mass is 10.1. The van der Waals surface area contributed by atoms with Crippen LogP contribution in [0.4, 0.5) is 24.7 Å². The first-order valence-electron chi connectivity index (χ1n) is 9.36. The number of carbonyl (C=O) groups is 1. The number of carbonyl (C=O) groups excluding carboxylic acids is 1. The highest BCUT2D eigenvalue weighted by molar-refractivity contribution is 6.30. The van der Waals surface area contributed by atoms with Gasteiger partial charge in [0, 0.05) is 49.0 Å². The molecule has 7 nitrogen and oxygen atoms in total. The Morgan fingerprint density at radius 2 is 2.00 bits per heavy atom. The van der Waals surface area contributed by atoms with Gasteiger partial charge in [0.2, 0.25) is 0 Å². The number of rotatable bonds is 4. The molecule has 2 aromatic heterocycles. The molecule has 0 saturated carbocycles. The molecule has 1 aromatic carbocycles. The van der Waals surface area contributed by atoms with E-state index in [1.54, 1.807) is 28.8 Å². The highest BCUT2D eigenvalue weighted by Crippen LogP contribution is 2.36. The third-order valence-electron chi connectivity index (χ3n) is 4.86. The summed E-state index contributed by atoms with van der Waals surface area (Å²) < 4.78 is 49.6. The van der Waals surface area contributed by atoms with Crippen LogP contribution in [0.15, 0.2) is 36.7 Å². The van der Waals surface area contributed by atoms with Crippen molar-refractivity contribution in [3.8, 4) is 5.75 Å². The van der Waals surface area contributed by atoms with Gasteiger partial charge in [-0.1, -0.05) is 11.6 Å². The number of anilines is 2. The van der Waals surface area contributed by atoms with Crippen molar-refractivity contribution in [3.05, 3.63) is 47.2 Å². The Balaban J connectivity index is 1.72. The van der Waals surface area contributed by atoms with Crippen LogP contribution in [0.25, 0.3) is 10.9 Å². The summed E-state index contributed by atoms with van der Waals surface area (Å²) in [4.78, 5) is 19.0. The van der Waals surface area contributed by atoms with Crippen LogP contribution in [0.1, 0.15) is 10.4 Å². The zero-order valence-electron chi connectivity index (χ0n) is 16.4. The molecule has 1 aliphatic rings. The van der Waals surface area contributed by atoms with Crippen LogP contribution in [0.2, 0.25) is 5.02 Å². The first-order valence-corrected chi connectivity index (χ1v) is 9.74. The van der Waals surface area contributed by atoms with Crippen LogP contribution < -0.4 is 10.1 Å². The van der Waals surface area contributed by atoms with Crippen molar-refractivity contribution >= 4 is 39.9 Å². The Labute approximate surface area is 180 Å². The second-order valence-electron chi connectivity index (χ2n) is 6.93. The molecule has 0 bridgehead atoms. The van der Waals surface area contributed by atoms with Gasteiger partial charge in [0.05, 0.1) is 30.0 Å². The minimum atomic E-state index is -4.88. The topological polar surface area (TPSA) is 68.6 Å². The van der Waals surface area contributed by atoms with Crippen molar-refractivity contribution in [1.29, 1.82) is 0 Å². The Morgan fingerprint density at radius 1 is 1.26 bits per heavy atom. The van der Waals surface area contributed by atoms with Crippen LogP contribution in [0.5, 0.6) is 5.75 Å². The first-order chi connectivity index (χ1) is 14.7. The fraction of sp³-hybridized carbons (Fsp3) is 0.300. The van der Waals surface area contributed by atoms with E-state index in [-0.39, 0.29) is 22.4 Å². The van der Waals surface area contributed by atoms with E-state index in [0.717, 1.165) is 6.07 Å². The summed E-state index contributed by atoms with van der Waals surface area (Å²) >= 11 is 5.83. The predicted molar refractivity (Wildman–Crippen MR) is 109 cm³/mol. The number of ether oxygens (including phenoxy) is 2. The van der Waals surface area contributed by atoms with E-state index in [4.69, 9.17) is 16.3 Å². The van der Waals surface area contributed by atoms with Gasteiger partial charge in [-0.25, -0.2) is 4.98 Å². The molecule has 0 atom stereocenters. The summed E-state index contributed by atoms with van der Waals surface area (Å²) in [6.45, 7) is 1.89. The van der Waals surface area contributed by atoms with Crippen molar-refractivity contribution in [2.75, 3.05) is 31.6 Å². The monoisotopic (exact) mass is 454 g/mol. The number of nitrogens with one attached hydrogen (secondary N) is 1. The van der Waals surface area contributed by atoms with Gasteiger partial charge in [0.1, 0.15) is 5.82 Å². The summed E-state index contributed by atoms with van der Waals surface area (Å²) in [5.41, 5.74) is 1.05. The van der Waals surface area contributed by atoms with Gasteiger partial charge in [-0.05, 0) is 18.2 Å². The third-order valence-corrected chi connectivity index (χ3v) is 5.09. The minimum absolute atomic E-state index is 0.0339. The standard InChI is InChI=1S/C20H18ClF3N4O3/c1-27-5-4-13-17(27)14(19(29)28-6-8-30-9-7-28)11-25-18(13)26-15-3-2-12(21)10-16(15)31-20(22,23)24/h2-5,10-11H,6-9H2,1H3,(H,25,26). The van der Waals surface area contributed by atoms with Crippen molar-refractivity contribution in [2.24, 2.45) is 7.05 Å². The van der Waals surface area contributed by atoms with Crippen LogP contribution in [0.3, 0.4) is 0 Å². The molecule has 3 aromatic rings. The van der Waals surface area contributed by atoms with Crippen LogP contribution >= 0.6 is 11.6 Å². The molecule has 1 aliphatic heterocycles. The van der Waals surface area contributed by atoms with Gasteiger partial charge in [-0.15, -0.1) is 13.2 Å². The molecule has 1 saturated heterocycles. The van der Waals surface area contributed by atoms with Crippen LogP contribution in [0, 0.1) is 0 Å². The second kappa shape index (κ2) is 8.27. The number of hydrogen-bond acceptors (Lipinski definition) is 5. The van der Waals surface area contributed by atoms with Crippen molar-refractivity contribution in [2.45, 2.75) is 6.36 Å². The number of alkyl halides is 3. The largest absolute Gasteiger partial charge is 0.573 e. The second-order valence-corrected chi connectivity index (χ2v) is 7.36. The number of benzene rings is 1.